The van der Waals surface area contributed by atoms with E-state index < -0.39 is 36.9 Å². The molecule has 438 valence electrons. The van der Waals surface area contributed by atoms with E-state index in [0.717, 1.165) is 38.5 Å². The summed E-state index contributed by atoms with van der Waals surface area (Å²) in [6.07, 6.45) is 75.0. The highest BCUT2D eigenvalue weighted by atomic mass is 16.3. The number of carbonyl (C=O) groups excluding carboxylic acids is 1. The first-order chi connectivity index (χ1) is 36.0. The molecule has 0 aliphatic carbocycles. The molecule has 0 radical (unpaired) electrons. The molecule has 73 heavy (non-hydrogen) atoms. The van der Waals surface area contributed by atoms with Crippen LogP contribution in [0.5, 0.6) is 0 Å². The molecule has 0 rings (SSSR count). The van der Waals surface area contributed by atoms with Crippen molar-refractivity contribution in [3.8, 4) is 0 Å². The molecule has 4 atom stereocenters. The summed E-state index contributed by atoms with van der Waals surface area (Å²) in [7, 11) is 0. The number of amides is 1. The summed E-state index contributed by atoms with van der Waals surface area (Å²) in [5, 5.41) is 44.2. The first-order valence-electron chi connectivity index (χ1n) is 33.9. The van der Waals surface area contributed by atoms with Gasteiger partial charge in [0.1, 0.15) is 12.2 Å². The summed E-state index contributed by atoms with van der Waals surface area (Å²) < 4.78 is 0. The number of unbranched alkanes of at least 4 members (excludes halogenated alkanes) is 55. The second kappa shape index (κ2) is 62.2. The van der Waals surface area contributed by atoms with Crippen LogP contribution >= 0.6 is 0 Å². The Kier molecular flexibility index (Phi) is 61.6. The standard InChI is InChI=1S/C67H135NO5/c1-3-5-7-9-11-13-15-17-19-21-23-25-27-29-31-32-33-35-36-38-40-42-44-46-48-50-52-54-56-58-60-64(70)66(72)63(62-69)68-67(73)65(71)61-59-57-55-53-51-49-47-45-43-41-39-37-34-30-28-26-24-22-20-18-16-14-12-10-8-6-4-2/h63-66,69-72H,3-62H2,1-2H3,(H,68,73). The highest BCUT2D eigenvalue weighted by Gasteiger charge is 2.28. The third-order valence-electron chi connectivity index (χ3n) is 16.6. The van der Waals surface area contributed by atoms with Crippen LogP contribution in [0.2, 0.25) is 0 Å². The maximum absolute atomic E-state index is 12.7. The van der Waals surface area contributed by atoms with Crippen LogP contribution in [-0.2, 0) is 4.79 Å². The van der Waals surface area contributed by atoms with Crippen molar-refractivity contribution in [1.29, 1.82) is 0 Å². The predicted octanol–water partition coefficient (Wildman–Crippen LogP) is 20.6. The van der Waals surface area contributed by atoms with Gasteiger partial charge in [0.05, 0.1) is 18.8 Å². The van der Waals surface area contributed by atoms with Gasteiger partial charge in [0.2, 0.25) is 5.91 Å². The van der Waals surface area contributed by atoms with Crippen LogP contribution in [0, 0.1) is 0 Å². The fraction of sp³-hybridized carbons (Fsp3) is 0.985. The number of aliphatic hydroxyl groups is 4. The fourth-order valence-electron chi connectivity index (χ4n) is 11.3. The van der Waals surface area contributed by atoms with E-state index in [1.54, 1.807) is 0 Å². The van der Waals surface area contributed by atoms with Crippen molar-refractivity contribution in [2.45, 2.75) is 417 Å². The zero-order valence-corrected chi connectivity index (χ0v) is 49.9. The Balaban J connectivity index is 3.51. The van der Waals surface area contributed by atoms with Crippen LogP contribution in [0.1, 0.15) is 393 Å². The smallest absolute Gasteiger partial charge is 0.249 e. The quantitative estimate of drug-likeness (QED) is 0.0390. The molecule has 4 unspecified atom stereocenters. The maximum atomic E-state index is 12.7. The summed E-state index contributed by atoms with van der Waals surface area (Å²) in [6, 6.07) is -0.982. The SMILES string of the molecule is CCCCCCCCCCCCCCCCCCCCCCCCCCCCCCCCC(O)C(O)C(CO)NC(=O)C(O)CCCCCCCCCCCCCCCCCCCCCCCCCCCCC. The first kappa shape index (κ1) is 72.3. The molecule has 0 fully saturated rings. The highest BCUT2D eigenvalue weighted by molar-refractivity contribution is 5.80. The van der Waals surface area contributed by atoms with Crippen molar-refractivity contribution in [3.63, 3.8) is 0 Å². The molecule has 0 aliphatic heterocycles. The zero-order valence-electron chi connectivity index (χ0n) is 49.9. The minimum absolute atomic E-state index is 0.377. The number of carbonyl (C=O) groups is 1. The highest BCUT2D eigenvalue weighted by Crippen LogP contribution is 2.20. The Morgan fingerprint density at radius 3 is 0.658 bits per heavy atom. The van der Waals surface area contributed by atoms with Gasteiger partial charge in [-0.3, -0.25) is 4.79 Å². The number of hydrogen-bond acceptors (Lipinski definition) is 5. The number of hydrogen-bond donors (Lipinski definition) is 5. The molecular weight excluding hydrogens is 899 g/mol. The Bertz CT molecular complexity index is 1030. The van der Waals surface area contributed by atoms with Gasteiger partial charge in [-0.25, -0.2) is 0 Å². The van der Waals surface area contributed by atoms with Crippen LogP contribution < -0.4 is 5.32 Å². The van der Waals surface area contributed by atoms with Crippen LogP contribution in [0.4, 0.5) is 0 Å². The van der Waals surface area contributed by atoms with Gasteiger partial charge in [-0.05, 0) is 12.8 Å². The minimum Gasteiger partial charge on any atom is -0.394 e. The fourth-order valence-corrected chi connectivity index (χ4v) is 11.3. The van der Waals surface area contributed by atoms with E-state index in [0.29, 0.717) is 12.8 Å². The molecule has 0 aliphatic rings. The Morgan fingerprint density at radius 1 is 0.288 bits per heavy atom. The van der Waals surface area contributed by atoms with Gasteiger partial charge in [-0.15, -0.1) is 0 Å². The van der Waals surface area contributed by atoms with Crippen molar-refractivity contribution in [3.05, 3.63) is 0 Å². The van der Waals surface area contributed by atoms with E-state index in [1.165, 1.54) is 327 Å². The number of nitrogens with one attached hydrogen (secondary N) is 1. The van der Waals surface area contributed by atoms with Crippen molar-refractivity contribution in [2.24, 2.45) is 0 Å². The molecule has 0 aromatic carbocycles. The Hall–Kier alpha value is -0.690. The minimum atomic E-state index is -1.26. The van der Waals surface area contributed by atoms with Crippen LogP contribution in [0.15, 0.2) is 0 Å². The lowest BCUT2D eigenvalue weighted by Gasteiger charge is -2.27. The normalized spacial score (nSPS) is 13.5. The van der Waals surface area contributed by atoms with Gasteiger partial charge in [-0.2, -0.15) is 0 Å². The summed E-state index contributed by atoms with van der Waals surface area (Å²) in [5.74, 6) is -0.573. The van der Waals surface area contributed by atoms with Crippen molar-refractivity contribution < 1.29 is 25.2 Å². The van der Waals surface area contributed by atoms with E-state index in [1.807, 2.05) is 0 Å². The van der Waals surface area contributed by atoms with Crippen molar-refractivity contribution in [2.75, 3.05) is 6.61 Å². The molecule has 5 N–H and O–H groups in total. The lowest BCUT2D eigenvalue weighted by atomic mass is 9.99. The predicted molar refractivity (Wildman–Crippen MR) is 321 cm³/mol. The van der Waals surface area contributed by atoms with E-state index in [4.69, 9.17) is 0 Å². The van der Waals surface area contributed by atoms with Crippen LogP contribution in [-0.4, -0.2) is 57.3 Å². The molecule has 0 saturated heterocycles. The average Bonchev–Trinajstić information content (AvgIpc) is 3.40. The lowest BCUT2D eigenvalue weighted by Crippen LogP contribution is -2.53. The molecule has 0 aromatic rings. The van der Waals surface area contributed by atoms with E-state index in [-0.39, 0.29) is 0 Å². The summed E-state index contributed by atoms with van der Waals surface area (Å²) in [6.45, 7) is 4.12. The molecule has 1 amide bonds. The monoisotopic (exact) mass is 1030 g/mol. The van der Waals surface area contributed by atoms with Crippen molar-refractivity contribution >= 4 is 5.91 Å². The summed E-state index contributed by atoms with van der Waals surface area (Å²) in [4.78, 5) is 12.7. The van der Waals surface area contributed by atoms with Gasteiger partial charge in [0, 0.05) is 0 Å². The maximum Gasteiger partial charge on any atom is 0.249 e. The Labute approximate surface area is 458 Å². The second-order valence-corrected chi connectivity index (χ2v) is 23.9. The molecule has 0 spiro atoms. The average molecular weight is 1030 g/mol. The third kappa shape index (κ3) is 55.9. The van der Waals surface area contributed by atoms with Gasteiger partial charge >= 0.3 is 0 Å². The molecule has 0 heterocycles. The van der Waals surface area contributed by atoms with E-state index in [2.05, 4.69) is 19.2 Å². The summed E-state index contributed by atoms with van der Waals surface area (Å²) >= 11 is 0. The third-order valence-corrected chi connectivity index (χ3v) is 16.6. The van der Waals surface area contributed by atoms with Gasteiger partial charge in [0.25, 0.3) is 0 Å². The molecule has 0 aromatic heterocycles. The number of aliphatic hydroxyl groups excluding tert-OH is 4. The Morgan fingerprint density at radius 2 is 0.466 bits per heavy atom. The van der Waals surface area contributed by atoms with Crippen LogP contribution in [0.25, 0.3) is 0 Å². The molecular formula is C67H135NO5. The van der Waals surface area contributed by atoms with Crippen molar-refractivity contribution in [1.82, 2.24) is 5.32 Å². The topological polar surface area (TPSA) is 110 Å². The summed E-state index contributed by atoms with van der Waals surface area (Å²) in [5.41, 5.74) is 0. The molecule has 6 heteroatoms. The number of rotatable bonds is 64. The van der Waals surface area contributed by atoms with Gasteiger partial charge < -0.3 is 25.7 Å². The zero-order chi connectivity index (χ0) is 53.0. The first-order valence-corrected chi connectivity index (χ1v) is 33.9. The molecule has 0 saturated carbocycles. The van der Waals surface area contributed by atoms with E-state index in [9.17, 15) is 25.2 Å². The van der Waals surface area contributed by atoms with Gasteiger partial charge in [-0.1, -0.05) is 380 Å². The largest absolute Gasteiger partial charge is 0.394 e. The van der Waals surface area contributed by atoms with Crippen LogP contribution in [0.3, 0.4) is 0 Å². The van der Waals surface area contributed by atoms with Gasteiger partial charge in [0.15, 0.2) is 0 Å². The van der Waals surface area contributed by atoms with E-state index >= 15 is 0 Å². The molecule has 0 bridgehead atoms. The second-order valence-electron chi connectivity index (χ2n) is 23.9. The molecule has 6 nitrogen and oxygen atoms in total. The lowest BCUT2D eigenvalue weighted by molar-refractivity contribution is -0.132.